The number of aromatic hydroxyl groups is 1. The van der Waals surface area contributed by atoms with Crippen molar-refractivity contribution in [1.82, 2.24) is 4.98 Å². The van der Waals surface area contributed by atoms with E-state index in [9.17, 15) is 9.59 Å². The fourth-order valence-corrected chi connectivity index (χ4v) is 1.29. The lowest BCUT2D eigenvalue weighted by Crippen LogP contribution is -2.10. The molecule has 0 amide bonds. The van der Waals surface area contributed by atoms with E-state index in [1.165, 1.54) is 18.2 Å². The molecular formula is C10H7NO3. The van der Waals surface area contributed by atoms with Crippen LogP contribution in [0.1, 0.15) is 10.4 Å². The summed E-state index contributed by atoms with van der Waals surface area (Å²) in [5.74, 6) is 0.0759. The summed E-state index contributed by atoms with van der Waals surface area (Å²) in [6.45, 7) is 0. The summed E-state index contributed by atoms with van der Waals surface area (Å²) in [6.07, 6.45) is 0.505. The van der Waals surface area contributed by atoms with Crippen molar-refractivity contribution >= 4 is 17.2 Å². The van der Waals surface area contributed by atoms with Crippen molar-refractivity contribution in [3.63, 3.8) is 0 Å². The molecule has 0 atom stereocenters. The van der Waals surface area contributed by atoms with E-state index in [0.717, 1.165) is 0 Å². The van der Waals surface area contributed by atoms with Gasteiger partial charge in [0.1, 0.15) is 5.75 Å². The number of hydrogen-bond donors (Lipinski definition) is 2. The maximum absolute atomic E-state index is 11.2. The maximum Gasteiger partial charge on any atom is 0.259 e. The Labute approximate surface area is 78.8 Å². The van der Waals surface area contributed by atoms with E-state index in [2.05, 4.69) is 4.98 Å². The molecular weight excluding hydrogens is 182 g/mol. The molecule has 1 aromatic carbocycles. The normalized spacial score (nSPS) is 10.3. The van der Waals surface area contributed by atoms with Crippen LogP contribution < -0.4 is 5.56 Å². The van der Waals surface area contributed by atoms with Gasteiger partial charge in [0, 0.05) is 6.07 Å². The van der Waals surface area contributed by atoms with Crippen molar-refractivity contribution in [2.75, 3.05) is 0 Å². The summed E-state index contributed by atoms with van der Waals surface area (Å²) in [7, 11) is 0. The van der Waals surface area contributed by atoms with Gasteiger partial charge in [0.25, 0.3) is 5.56 Å². The molecule has 0 fully saturated rings. The van der Waals surface area contributed by atoms with Crippen LogP contribution in [0.15, 0.2) is 29.1 Å². The Morgan fingerprint density at radius 1 is 1.29 bits per heavy atom. The van der Waals surface area contributed by atoms with Gasteiger partial charge in [0.2, 0.25) is 0 Å². The molecule has 0 aliphatic carbocycles. The van der Waals surface area contributed by atoms with Gasteiger partial charge in [-0.05, 0) is 23.6 Å². The summed E-state index contributed by atoms with van der Waals surface area (Å²) in [5.41, 5.74) is 0.155. The van der Waals surface area contributed by atoms with Crippen molar-refractivity contribution in [1.29, 1.82) is 0 Å². The topological polar surface area (TPSA) is 70.2 Å². The average molecular weight is 189 g/mol. The molecule has 1 heterocycles. The highest BCUT2D eigenvalue weighted by Gasteiger charge is 2.01. The number of fused-ring (bicyclic) bond motifs is 1. The van der Waals surface area contributed by atoms with E-state index >= 15 is 0 Å². The molecule has 0 aliphatic rings. The van der Waals surface area contributed by atoms with Crippen LogP contribution in [0.3, 0.4) is 0 Å². The van der Waals surface area contributed by atoms with Gasteiger partial charge >= 0.3 is 0 Å². The molecule has 1 aromatic heterocycles. The minimum absolute atomic E-state index is 0.0759. The predicted molar refractivity (Wildman–Crippen MR) is 51.6 cm³/mol. The summed E-state index contributed by atoms with van der Waals surface area (Å²) in [4.78, 5) is 24.2. The molecule has 0 saturated heterocycles. The molecule has 2 rings (SSSR count). The van der Waals surface area contributed by atoms with Gasteiger partial charge in [-0.15, -0.1) is 0 Å². The van der Waals surface area contributed by atoms with Crippen molar-refractivity contribution in [3.8, 4) is 5.75 Å². The van der Waals surface area contributed by atoms with Gasteiger partial charge < -0.3 is 10.1 Å². The average Bonchev–Trinajstić information content (AvgIpc) is 2.16. The Hall–Kier alpha value is -2.10. The summed E-state index contributed by atoms with van der Waals surface area (Å²) in [5, 5.41) is 9.87. The Morgan fingerprint density at radius 2 is 2.07 bits per heavy atom. The fourth-order valence-electron chi connectivity index (χ4n) is 1.29. The third-order valence-corrected chi connectivity index (χ3v) is 1.99. The summed E-state index contributed by atoms with van der Waals surface area (Å²) < 4.78 is 0. The molecule has 2 aromatic rings. The number of rotatable bonds is 1. The Kier molecular flexibility index (Phi) is 1.81. The minimum atomic E-state index is -0.446. The smallest absolute Gasteiger partial charge is 0.259 e. The minimum Gasteiger partial charge on any atom is -0.508 e. The van der Waals surface area contributed by atoms with Gasteiger partial charge in [-0.2, -0.15) is 0 Å². The van der Waals surface area contributed by atoms with Crippen LogP contribution in [0.5, 0.6) is 5.75 Å². The molecule has 4 heteroatoms. The van der Waals surface area contributed by atoms with Crippen LogP contribution in [0, 0.1) is 0 Å². The molecule has 4 nitrogen and oxygen atoms in total. The molecule has 0 aliphatic heterocycles. The first-order chi connectivity index (χ1) is 6.70. The van der Waals surface area contributed by atoms with Crippen LogP contribution in [-0.4, -0.2) is 16.4 Å². The SMILES string of the molecule is O=Cc1cc2ccc(O)cc2[nH]c1=O. The Balaban J connectivity index is 2.86. The van der Waals surface area contributed by atoms with Crippen molar-refractivity contribution in [2.24, 2.45) is 0 Å². The number of phenols is 1. The molecule has 14 heavy (non-hydrogen) atoms. The van der Waals surface area contributed by atoms with E-state index in [0.29, 0.717) is 17.2 Å². The molecule has 2 N–H and O–H groups in total. The number of nitrogens with one attached hydrogen (secondary N) is 1. The summed E-state index contributed by atoms with van der Waals surface area (Å²) >= 11 is 0. The second-order valence-electron chi connectivity index (χ2n) is 2.94. The highest BCUT2D eigenvalue weighted by Crippen LogP contribution is 2.16. The Bertz CT molecular complexity index is 557. The van der Waals surface area contributed by atoms with Crippen LogP contribution in [-0.2, 0) is 0 Å². The molecule has 0 radical (unpaired) electrons. The lowest BCUT2D eigenvalue weighted by atomic mass is 10.1. The van der Waals surface area contributed by atoms with Crippen molar-refractivity contribution in [2.45, 2.75) is 0 Å². The van der Waals surface area contributed by atoms with Gasteiger partial charge in [-0.1, -0.05) is 0 Å². The largest absolute Gasteiger partial charge is 0.508 e. The Morgan fingerprint density at radius 3 is 2.79 bits per heavy atom. The zero-order valence-corrected chi connectivity index (χ0v) is 7.15. The predicted octanol–water partition coefficient (Wildman–Crippen LogP) is 1.05. The van der Waals surface area contributed by atoms with E-state index in [1.54, 1.807) is 6.07 Å². The first-order valence-corrected chi connectivity index (χ1v) is 4.02. The zero-order valence-electron chi connectivity index (χ0n) is 7.15. The number of carbonyl (C=O) groups is 1. The molecule has 0 saturated carbocycles. The second-order valence-corrected chi connectivity index (χ2v) is 2.94. The molecule has 70 valence electrons. The maximum atomic E-state index is 11.2. The number of carbonyl (C=O) groups excluding carboxylic acids is 1. The first-order valence-electron chi connectivity index (χ1n) is 4.02. The van der Waals surface area contributed by atoms with Crippen LogP contribution in [0.2, 0.25) is 0 Å². The summed E-state index contributed by atoms with van der Waals surface area (Å²) in [6, 6.07) is 6.05. The number of H-pyrrole nitrogens is 1. The lowest BCUT2D eigenvalue weighted by Gasteiger charge is -1.98. The third-order valence-electron chi connectivity index (χ3n) is 1.99. The highest BCUT2D eigenvalue weighted by atomic mass is 16.3. The van der Waals surface area contributed by atoms with E-state index in [4.69, 9.17) is 5.11 Å². The van der Waals surface area contributed by atoms with Crippen LogP contribution in [0.25, 0.3) is 10.9 Å². The first kappa shape index (κ1) is 8.50. The number of phenolic OH excluding ortho intramolecular Hbond substituents is 1. The second kappa shape index (κ2) is 2.99. The number of pyridine rings is 1. The van der Waals surface area contributed by atoms with Gasteiger partial charge in [-0.3, -0.25) is 9.59 Å². The van der Waals surface area contributed by atoms with Gasteiger partial charge in [-0.25, -0.2) is 0 Å². The fraction of sp³-hybridized carbons (Fsp3) is 0. The van der Waals surface area contributed by atoms with Crippen LogP contribution in [0.4, 0.5) is 0 Å². The van der Waals surface area contributed by atoms with Crippen molar-refractivity contribution < 1.29 is 9.90 Å². The van der Waals surface area contributed by atoms with Gasteiger partial charge in [0.15, 0.2) is 6.29 Å². The number of aldehydes is 1. The standard InChI is InChI=1S/C10H7NO3/c12-5-7-3-6-1-2-8(13)4-9(6)11-10(7)14/h1-5,13H,(H,11,14). The van der Waals surface area contributed by atoms with Gasteiger partial charge in [0.05, 0.1) is 11.1 Å². The number of hydrogen-bond acceptors (Lipinski definition) is 3. The van der Waals surface area contributed by atoms with E-state index in [1.807, 2.05) is 0 Å². The molecule has 0 bridgehead atoms. The van der Waals surface area contributed by atoms with Crippen LogP contribution >= 0.6 is 0 Å². The quantitative estimate of drug-likeness (QED) is 0.658. The zero-order chi connectivity index (χ0) is 10.1. The van der Waals surface area contributed by atoms with E-state index < -0.39 is 5.56 Å². The number of benzene rings is 1. The highest BCUT2D eigenvalue weighted by molar-refractivity contribution is 5.86. The van der Waals surface area contributed by atoms with E-state index in [-0.39, 0.29) is 11.3 Å². The lowest BCUT2D eigenvalue weighted by molar-refractivity contribution is 0.112. The molecule has 0 unspecified atom stereocenters. The number of aromatic amines is 1. The third kappa shape index (κ3) is 1.26. The van der Waals surface area contributed by atoms with Crippen molar-refractivity contribution in [3.05, 3.63) is 40.2 Å². The molecule has 0 spiro atoms. The monoisotopic (exact) mass is 189 g/mol. The number of aromatic nitrogens is 1.